The monoisotopic (exact) mass is 346 g/mol. The molecule has 0 aliphatic rings. The van der Waals surface area contributed by atoms with E-state index in [4.69, 9.17) is 0 Å². The maximum atomic E-state index is 13.8. The summed E-state index contributed by atoms with van der Waals surface area (Å²) in [7, 11) is 0. The first-order valence-electron chi connectivity index (χ1n) is 6.30. The molecular weight excluding hydrogens is 335 g/mol. The van der Waals surface area contributed by atoms with Gasteiger partial charge in [-0.05, 0) is 41.5 Å². The van der Waals surface area contributed by atoms with Crippen LogP contribution >= 0.6 is 27.3 Å². The molecule has 0 fully saturated rings. The van der Waals surface area contributed by atoms with Crippen molar-refractivity contribution in [3.8, 4) is 10.4 Å². The van der Waals surface area contributed by atoms with Gasteiger partial charge in [-0.2, -0.15) is 0 Å². The molecule has 0 N–H and O–H groups in total. The van der Waals surface area contributed by atoms with Crippen molar-refractivity contribution in [2.24, 2.45) is 0 Å². The lowest BCUT2D eigenvalue weighted by Gasteiger charge is -2.02. The minimum Gasteiger partial charge on any atom is -0.207 e. The molecule has 0 nitrogen and oxygen atoms in total. The second-order valence-corrected chi connectivity index (χ2v) is 6.63. The van der Waals surface area contributed by atoms with Gasteiger partial charge in [0.05, 0.1) is 0 Å². The molecular formula is C17H12BrFS. The number of thiophene rings is 1. The molecule has 0 amide bonds. The molecule has 3 rings (SSSR count). The second-order valence-electron chi connectivity index (χ2n) is 4.54. The van der Waals surface area contributed by atoms with E-state index in [1.165, 1.54) is 21.4 Å². The Morgan fingerprint density at radius 1 is 0.950 bits per heavy atom. The van der Waals surface area contributed by atoms with Gasteiger partial charge in [0.25, 0.3) is 0 Å². The van der Waals surface area contributed by atoms with Gasteiger partial charge in [-0.3, -0.25) is 0 Å². The largest absolute Gasteiger partial charge is 0.207 e. The molecule has 3 aromatic rings. The number of rotatable bonds is 3. The van der Waals surface area contributed by atoms with Gasteiger partial charge in [-0.1, -0.05) is 46.3 Å². The van der Waals surface area contributed by atoms with Crippen LogP contribution in [0.4, 0.5) is 4.39 Å². The fourth-order valence-corrected chi connectivity index (χ4v) is 3.54. The third kappa shape index (κ3) is 3.00. The van der Waals surface area contributed by atoms with Gasteiger partial charge in [-0.25, -0.2) is 4.39 Å². The summed E-state index contributed by atoms with van der Waals surface area (Å²) in [6.45, 7) is 0. The van der Waals surface area contributed by atoms with Crippen LogP contribution < -0.4 is 0 Å². The molecule has 0 unspecified atom stereocenters. The van der Waals surface area contributed by atoms with Gasteiger partial charge >= 0.3 is 0 Å². The van der Waals surface area contributed by atoms with Crippen molar-refractivity contribution in [2.75, 3.05) is 0 Å². The van der Waals surface area contributed by atoms with Crippen LogP contribution in [0.1, 0.15) is 10.4 Å². The maximum absolute atomic E-state index is 13.8. The molecule has 1 aromatic heterocycles. The first-order chi connectivity index (χ1) is 9.72. The quantitative estimate of drug-likeness (QED) is 0.553. The van der Waals surface area contributed by atoms with Gasteiger partial charge in [0.15, 0.2) is 0 Å². The third-order valence-corrected chi connectivity index (χ3v) is 4.72. The predicted octanol–water partition coefficient (Wildman–Crippen LogP) is 5.91. The van der Waals surface area contributed by atoms with Crippen LogP contribution in [0.2, 0.25) is 0 Å². The molecule has 0 spiro atoms. The Balaban J connectivity index is 1.86. The lowest BCUT2D eigenvalue weighted by Crippen LogP contribution is -1.90. The zero-order valence-corrected chi connectivity index (χ0v) is 13.0. The summed E-state index contributed by atoms with van der Waals surface area (Å²) in [5.41, 5.74) is 1.93. The van der Waals surface area contributed by atoms with E-state index in [0.717, 1.165) is 10.0 Å². The van der Waals surface area contributed by atoms with Crippen molar-refractivity contribution in [1.29, 1.82) is 0 Å². The molecule has 2 aromatic carbocycles. The van der Waals surface area contributed by atoms with Gasteiger partial charge < -0.3 is 0 Å². The van der Waals surface area contributed by atoms with Crippen LogP contribution in [0.3, 0.4) is 0 Å². The summed E-state index contributed by atoms with van der Waals surface area (Å²) < 4.78 is 14.7. The fourth-order valence-electron chi connectivity index (χ4n) is 2.10. The van der Waals surface area contributed by atoms with Crippen molar-refractivity contribution in [3.63, 3.8) is 0 Å². The minimum atomic E-state index is -0.150. The first-order valence-corrected chi connectivity index (χ1v) is 7.91. The first kappa shape index (κ1) is 13.5. The number of hydrogen-bond acceptors (Lipinski definition) is 1. The summed E-state index contributed by atoms with van der Waals surface area (Å²) in [5, 5.41) is 0. The lowest BCUT2D eigenvalue weighted by molar-refractivity contribution is 0.614. The summed E-state index contributed by atoms with van der Waals surface area (Å²) >= 11 is 5.10. The molecule has 20 heavy (non-hydrogen) atoms. The topological polar surface area (TPSA) is 0 Å². The highest BCUT2D eigenvalue weighted by atomic mass is 79.9. The maximum Gasteiger partial charge on any atom is 0.126 e. The lowest BCUT2D eigenvalue weighted by atomic mass is 10.1. The van der Waals surface area contributed by atoms with E-state index in [-0.39, 0.29) is 5.82 Å². The van der Waals surface area contributed by atoms with E-state index in [1.54, 1.807) is 17.4 Å². The van der Waals surface area contributed by atoms with E-state index in [1.807, 2.05) is 24.3 Å². The molecule has 0 aliphatic heterocycles. The zero-order valence-electron chi connectivity index (χ0n) is 10.6. The van der Waals surface area contributed by atoms with E-state index < -0.39 is 0 Å². The Morgan fingerprint density at radius 3 is 2.55 bits per heavy atom. The Kier molecular flexibility index (Phi) is 3.99. The van der Waals surface area contributed by atoms with Crippen LogP contribution in [0.25, 0.3) is 10.4 Å². The van der Waals surface area contributed by atoms with E-state index >= 15 is 0 Å². The van der Waals surface area contributed by atoms with Crippen LogP contribution in [-0.2, 0) is 6.42 Å². The van der Waals surface area contributed by atoms with E-state index in [9.17, 15) is 4.39 Å². The Morgan fingerprint density at radius 2 is 1.75 bits per heavy atom. The predicted molar refractivity (Wildman–Crippen MR) is 86.7 cm³/mol. The molecule has 0 bridgehead atoms. The number of benzene rings is 2. The van der Waals surface area contributed by atoms with Gasteiger partial charge in [-0.15, -0.1) is 11.3 Å². The molecule has 0 atom stereocenters. The minimum absolute atomic E-state index is 0.150. The van der Waals surface area contributed by atoms with Crippen LogP contribution in [-0.4, -0.2) is 0 Å². The van der Waals surface area contributed by atoms with Crippen molar-refractivity contribution in [1.82, 2.24) is 0 Å². The van der Waals surface area contributed by atoms with Crippen molar-refractivity contribution in [3.05, 3.63) is 81.4 Å². The van der Waals surface area contributed by atoms with Gasteiger partial charge in [0.1, 0.15) is 5.82 Å². The highest BCUT2D eigenvalue weighted by Crippen LogP contribution is 2.30. The summed E-state index contributed by atoms with van der Waals surface area (Å²) in [6, 6.07) is 19.5. The zero-order chi connectivity index (χ0) is 13.9. The van der Waals surface area contributed by atoms with Crippen LogP contribution in [0.5, 0.6) is 0 Å². The molecule has 0 saturated heterocycles. The summed E-state index contributed by atoms with van der Waals surface area (Å²) in [6.07, 6.45) is 0.628. The SMILES string of the molecule is Fc1ccc(Br)cc1Cc1ccc(-c2ccccc2)s1. The molecule has 0 saturated carbocycles. The molecule has 0 aliphatic carbocycles. The van der Waals surface area contributed by atoms with E-state index in [0.29, 0.717) is 6.42 Å². The molecule has 3 heteroatoms. The fraction of sp³-hybridized carbons (Fsp3) is 0.0588. The van der Waals surface area contributed by atoms with Crippen molar-refractivity contribution in [2.45, 2.75) is 6.42 Å². The normalized spacial score (nSPS) is 10.7. The highest BCUT2D eigenvalue weighted by molar-refractivity contribution is 9.10. The van der Waals surface area contributed by atoms with Crippen LogP contribution in [0.15, 0.2) is 65.1 Å². The van der Waals surface area contributed by atoms with Crippen molar-refractivity contribution < 1.29 is 4.39 Å². The standard InChI is InChI=1S/C17H12BrFS/c18-14-6-8-16(19)13(10-14)11-15-7-9-17(20-15)12-4-2-1-3-5-12/h1-10H,11H2. The molecule has 1 heterocycles. The van der Waals surface area contributed by atoms with Gasteiger partial charge in [0, 0.05) is 20.6 Å². The average Bonchev–Trinajstić information content (AvgIpc) is 2.92. The number of halogens is 2. The molecule has 0 radical (unpaired) electrons. The van der Waals surface area contributed by atoms with Crippen molar-refractivity contribution >= 4 is 27.3 Å². The molecule has 100 valence electrons. The Hall–Kier alpha value is -1.45. The van der Waals surface area contributed by atoms with Gasteiger partial charge in [0.2, 0.25) is 0 Å². The highest BCUT2D eigenvalue weighted by Gasteiger charge is 2.07. The third-order valence-electron chi connectivity index (χ3n) is 3.09. The smallest absolute Gasteiger partial charge is 0.126 e. The second kappa shape index (κ2) is 5.90. The Labute approximate surface area is 130 Å². The van der Waals surface area contributed by atoms with E-state index in [2.05, 4.69) is 40.2 Å². The van der Waals surface area contributed by atoms with Crippen LogP contribution in [0, 0.1) is 5.82 Å². The Bertz CT molecular complexity index is 719. The average molecular weight is 347 g/mol. The summed E-state index contributed by atoms with van der Waals surface area (Å²) in [5.74, 6) is -0.150. The number of hydrogen-bond donors (Lipinski definition) is 0. The summed E-state index contributed by atoms with van der Waals surface area (Å²) in [4.78, 5) is 2.39.